The van der Waals surface area contributed by atoms with Gasteiger partial charge in [-0.2, -0.15) is 4.31 Å². The molecule has 0 amide bonds. The molecule has 0 aromatic heterocycles. The minimum absolute atomic E-state index is 0.0591. The number of benzene rings is 1. The molecule has 0 bridgehead atoms. The first-order chi connectivity index (χ1) is 9.20. The van der Waals surface area contributed by atoms with Crippen molar-refractivity contribution in [3.05, 3.63) is 29.0 Å². The molecule has 112 valence electrons. The van der Waals surface area contributed by atoms with Gasteiger partial charge in [0.15, 0.2) is 0 Å². The maximum absolute atomic E-state index is 13.2. The van der Waals surface area contributed by atoms with Crippen molar-refractivity contribution in [3.63, 3.8) is 0 Å². The lowest BCUT2D eigenvalue weighted by molar-refractivity contribution is -0.137. The van der Waals surface area contributed by atoms with Gasteiger partial charge in [-0.15, -0.1) is 0 Å². The zero-order valence-corrected chi connectivity index (χ0v) is 12.6. The van der Waals surface area contributed by atoms with E-state index in [0.29, 0.717) is 0 Å². The number of nitrogens with zero attached hydrogens (tertiary/aromatic N) is 1. The second kappa shape index (κ2) is 6.51. The lowest BCUT2D eigenvalue weighted by atomic mass is 10.2. The summed E-state index contributed by atoms with van der Waals surface area (Å²) in [4.78, 5) is 10.3. The van der Waals surface area contributed by atoms with Gasteiger partial charge in [-0.25, -0.2) is 12.8 Å². The molecule has 20 heavy (non-hydrogen) atoms. The fourth-order valence-corrected chi connectivity index (χ4v) is 4.00. The van der Waals surface area contributed by atoms with E-state index in [1.165, 1.54) is 6.92 Å². The van der Waals surface area contributed by atoms with Crippen LogP contribution >= 0.6 is 11.6 Å². The van der Waals surface area contributed by atoms with Gasteiger partial charge in [-0.1, -0.05) is 18.5 Å². The summed E-state index contributed by atoms with van der Waals surface area (Å²) in [6.45, 7) is 3.11. The summed E-state index contributed by atoms with van der Waals surface area (Å²) in [6.07, 6.45) is -0.347. The van der Waals surface area contributed by atoms with Crippen LogP contribution in [-0.4, -0.2) is 36.4 Å². The summed E-state index contributed by atoms with van der Waals surface area (Å²) >= 11 is 5.80. The Kier molecular flexibility index (Phi) is 5.50. The Morgan fingerprint density at radius 1 is 1.50 bits per heavy atom. The molecule has 0 saturated carbocycles. The van der Waals surface area contributed by atoms with Crippen molar-refractivity contribution in [1.29, 1.82) is 0 Å². The van der Waals surface area contributed by atoms with Crippen molar-refractivity contribution in [2.75, 3.05) is 6.54 Å². The van der Waals surface area contributed by atoms with Crippen molar-refractivity contribution in [1.82, 2.24) is 4.31 Å². The molecular weight excluding hydrogens is 309 g/mol. The SMILES string of the molecule is CCN(C(C)CC(=O)O)S(=O)(=O)c1cc(F)ccc1Cl. The van der Waals surface area contributed by atoms with E-state index in [0.717, 1.165) is 22.5 Å². The van der Waals surface area contributed by atoms with E-state index >= 15 is 0 Å². The van der Waals surface area contributed by atoms with Crippen LogP contribution in [0.4, 0.5) is 4.39 Å². The fourth-order valence-electron chi connectivity index (χ4n) is 1.87. The predicted molar refractivity (Wildman–Crippen MR) is 72.7 cm³/mol. The topological polar surface area (TPSA) is 74.7 Å². The van der Waals surface area contributed by atoms with E-state index in [1.807, 2.05) is 0 Å². The first-order valence-corrected chi connectivity index (χ1v) is 7.70. The van der Waals surface area contributed by atoms with Gasteiger partial charge in [-0.3, -0.25) is 4.79 Å². The number of hydrogen-bond donors (Lipinski definition) is 1. The summed E-state index contributed by atoms with van der Waals surface area (Å²) in [5.41, 5.74) is 0. The van der Waals surface area contributed by atoms with Crippen molar-refractivity contribution < 1.29 is 22.7 Å². The molecule has 1 aromatic carbocycles. The van der Waals surface area contributed by atoms with Crippen molar-refractivity contribution in [2.45, 2.75) is 31.2 Å². The first kappa shape index (κ1) is 16.9. The van der Waals surface area contributed by atoms with Crippen molar-refractivity contribution >= 4 is 27.6 Å². The monoisotopic (exact) mass is 323 g/mol. The Morgan fingerprint density at radius 2 is 2.10 bits per heavy atom. The second-order valence-corrected chi connectivity index (χ2v) is 6.50. The molecule has 8 heteroatoms. The van der Waals surface area contributed by atoms with Crippen LogP contribution in [0.5, 0.6) is 0 Å². The summed E-state index contributed by atoms with van der Waals surface area (Å²) in [7, 11) is -4.05. The Balaban J connectivity index is 3.25. The van der Waals surface area contributed by atoms with E-state index in [-0.39, 0.29) is 22.9 Å². The minimum Gasteiger partial charge on any atom is -0.481 e. The standard InChI is InChI=1S/C12H15ClFNO4S/c1-3-15(8(2)6-12(16)17)20(18,19)11-7-9(14)4-5-10(11)13/h4-5,7-8H,3,6H2,1-2H3,(H,16,17). The summed E-state index contributed by atoms with van der Waals surface area (Å²) in [6, 6.07) is 2.27. The molecule has 0 spiro atoms. The van der Waals surface area contributed by atoms with Crippen molar-refractivity contribution in [2.24, 2.45) is 0 Å². The normalized spacial score (nSPS) is 13.4. The molecule has 1 rings (SSSR count). The Hall–Kier alpha value is -1.18. The van der Waals surface area contributed by atoms with Crippen LogP contribution in [0.1, 0.15) is 20.3 Å². The smallest absolute Gasteiger partial charge is 0.304 e. The maximum Gasteiger partial charge on any atom is 0.304 e. The highest BCUT2D eigenvalue weighted by Gasteiger charge is 2.30. The Morgan fingerprint density at radius 3 is 2.60 bits per heavy atom. The molecule has 0 aliphatic heterocycles. The largest absolute Gasteiger partial charge is 0.481 e. The van der Waals surface area contributed by atoms with E-state index in [1.54, 1.807) is 6.92 Å². The lowest BCUT2D eigenvalue weighted by Crippen LogP contribution is -2.39. The number of sulfonamides is 1. The number of rotatable bonds is 6. The molecule has 0 aliphatic carbocycles. The average Bonchev–Trinajstić information content (AvgIpc) is 2.31. The average molecular weight is 324 g/mol. The number of halogens is 2. The predicted octanol–water partition coefficient (Wildman–Crippen LogP) is 2.35. The van der Waals surface area contributed by atoms with Crippen LogP contribution in [0.15, 0.2) is 23.1 Å². The van der Waals surface area contributed by atoms with Gasteiger partial charge in [0.25, 0.3) is 0 Å². The number of carbonyl (C=O) groups is 1. The first-order valence-electron chi connectivity index (χ1n) is 5.88. The molecule has 0 radical (unpaired) electrons. The fraction of sp³-hybridized carbons (Fsp3) is 0.417. The van der Waals surface area contributed by atoms with Crippen LogP contribution in [-0.2, 0) is 14.8 Å². The second-order valence-electron chi connectivity index (χ2n) is 4.23. The number of aliphatic carboxylic acids is 1. The molecule has 0 fully saturated rings. The van der Waals surface area contributed by atoms with Crippen LogP contribution in [0, 0.1) is 5.82 Å². The van der Waals surface area contributed by atoms with Gasteiger partial charge in [0.05, 0.1) is 11.4 Å². The van der Waals surface area contributed by atoms with E-state index in [4.69, 9.17) is 16.7 Å². The van der Waals surface area contributed by atoms with Gasteiger partial charge < -0.3 is 5.11 Å². The molecular formula is C12H15ClFNO4S. The van der Waals surface area contributed by atoms with Gasteiger partial charge in [0.2, 0.25) is 10.0 Å². The Labute approximate surface area is 122 Å². The minimum atomic E-state index is -4.05. The highest BCUT2D eigenvalue weighted by atomic mass is 35.5. The number of carboxylic acid groups (broad SMARTS) is 1. The lowest BCUT2D eigenvalue weighted by Gasteiger charge is -2.26. The third-order valence-electron chi connectivity index (χ3n) is 2.75. The van der Waals surface area contributed by atoms with Gasteiger partial charge in [0, 0.05) is 12.6 Å². The van der Waals surface area contributed by atoms with Gasteiger partial charge >= 0.3 is 5.97 Å². The summed E-state index contributed by atoms with van der Waals surface area (Å²) in [5.74, 6) is -1.84. The van der Waals surface area contributed by atoms with E-state index < -0.39 is 27.9 Å². The Bertz CT molecular complexity index is 605. The molecule has 5 nitrogen and oxygen atoms in total. The van der Waals surface area contributed by atoms with E-state index in [9.17, 15) is 17.6 Å². The molecule has 1 N–H and O–H groups in total. The molecule has 0 saturated heterocycles. The zero-order chi connectivity index (χ0) is 15.5. The number of carboxylic acids is 1. The van der Waals surface area contributed by atoms with Crippen molar-refractivity contribution in [3.8, 4) is 0 Å². The molecule has 1 unspecified atom stereocenters. The third-order valence-corrected chi connectivity index (χ3v) is 5.32. The van der Waals surface area contributed by atoms with E-state index in [2.05, 4.69) is 0 Å². The zero-order valence-electron chi connectivity index (χ0n) is 11.0. The highest BCUT2D eigenvalue weighted by Crippen LogP contribution is 2.27. The molecule has 0 aliphatic rings. The van der Waals surface area contributed by atoms with Crippen LogP contribution in [0.25, 0.3) is 0 Å². The molecule has 1 atom stereocenters. The van der Waals surface area contributed by atoms with Gasteiger partial charge in [0.1, 0.15) is 10.7 Å². The summed E-state index contributed by atoms with van der Waals surface area (Å²) in [5, 5.41) is 8.65. The van der Waals surface area contributed by atoms with Crippen LogP contribution in [0.2, 0.25) is 5.02 Å². The van der Waals surface area contributed by atoms with Crippen LogP contribution < -0.4 is 0 Å². The third kappa shape index (κ3) is 3.68. The summed E-state index contributed by atoms with van der Waals surface area (Å²) < 4.78 is 39.1. The van der Waals surface area contributed by atoms with Gasteiger partial charge in [-0.05, 0) is 25.1 Å². The quantitative estimate of drug-likeness (QED) is 0.872. The van der Waals surface area contributed by atoms with Crippen LogP contribution in [0.3, 0.4) is 0 Å². The highest BCUT2D eigenvalue weighted by molar-refractivity contribution is 7.89. The maximum atomic E-state index is 13.2. The molecule has 0 heterocycles. The number of hydrogen-bond acceptors (Lipinski definition) is 3. The molecule has 1 aromatic rings.